The highest BCUT2D eigenvalue weighted by Gasteiger charge is 2.52. The molecule has 7 nitrogen and oxygen atoms in total. The summed E-state index contributed by atoms with van der Waals surface area (Å²) in [5.74, 6) is 1.27. The van der Waals surface area contributed by atoms with Gasteiger partial charge >= 0.3 is 0 Å². The molecule has 0 saturated heterocycles. The average Bonchev–Trinajstić information content (AvgIpc) is 3.18. The number of hydrogen-bond donors (Lipinski definition) is 1. The van der Waals surface area contributed by atoms with Crippen LogP contribution in [0.25, 0.3) is 11.3 Å². The third-order valence-electron chi connectivity index (χ3n) is 5.41. The number of hydrogen-bond acceptors (Lipinski definition) is 7. The van der Waals surface area contributed by atoms with E-state index in [1.54, 1.807) is 24.3 Å². The zero-order valence-corrected chi connectivity index (χ0v) is 17.7. The molecule has 0 spiro atoms. The number of nitrogens with zero attached hydrogens (tertiary/aromatic N) is 1. The van der Waals surface area contributed by atoms with Crippen molar-refractivity contribution in [2.24, 2.45) is 0 Å². The van der Waals surface area contributed by atoms with E-state index in [1.807, 2.05) is 23.6 Å². The highest BCUT2D eigenvalue weighted by molar-refractivity contribution is 7.90. The predicted molar refractivity (Wildman–Crippen MR) is 113 cm³/mol. The van der Waals surface area contributed by atoms with Gasteiger partial charge < -0.3 is 14.8 Å². The number of benzene rings is 2. The molecule has 1 aliphatic carbocycles. The van der Waals surface area contributed by atoms with Gasteiger partial charge in [-0.05, 0) is 42.7 Å². The summed E-state index contributed by atoms with van der Waals surface area (Å²) in [6.45, 7) is 0.199. The van der Waals surface area contributed by atoms with Gasteiger partial charge in [-0.3, -0.25) is 4.79 Å². The normalized spacial score (nSPS) is 16.3. The van der Waals surface area contributed by atoms with E-state index >= 15 is 0 Å². The van der Waals surface area contributed by atoms with Crippen molar-refractivity contribution in [1.82, 2.24) is 4.98 Å². The van der Waals surface area contributed by atoms with E-state index in [1.165, 1.54) is 17.6 Å². The van der Waals surface area contributed by atoms with E-state index in [0.29, 0.717) is 22.3 Å². The molecule has 30 heavy (non-hydrogen) atoms. The van der Waals surface area contributed by atoms with E-state index < -0.39 is 15.3 Å². The van der Waals surface area contributed by atoms with Crippen molar-refractivity contribution in [3.63, 3.8) is 0 Å². The Morgan fingerprint density at radius 2 is 1.83 bits per heavy atom. The molecule has 1 fully saturated rings. The number of anilines is 1. The van der Waals surface area contributed by atoms with Crippen LogP contribution in [-0.2, 0) is 20.0 Å². The summed E-state index contributed by atoms with van der Waals surface area (Å²) in [4.78, 5) is 17.8. The van der Waals surface area contributed by atoms with Gasteiger partial charge in [-0.15, -0.1) is 11.3 Å². The molecule has 1 aliphatic heterocycles. The Labute approximate surface area is 177 Å². The van der Waals surface area contributed by atoms with E-state index in [-0.39, 0.29) is 17.6 Å². The van der Waals surface area contributed by atoms with E-state index in [9.17, 15) is 13.2 Å². The number of aromatic nitrogens is 1. The Balaban J connectivity index is 1.33. The van der Waals surface area contributed by atoms with Gasteiger partial charge in [0.25, 0.3) is 0 Å². The number of nitrogens with one attached hydrogen (secondary N) is 1. The molecule has 5 rings (SSSR count). The summed E-state index contributed by atoms with van der Waals surface area (Å²) in [5, 5.41) is 5.28. The Hall–Kier alpha value is -2.91. The molecule has 1 amide bonds. The van der Waals surface area contributed by atoms with Gasteiger partial charge in [0.1, 0.15) is 0 Å². The largest absolute Gasteiger partial charge is 0.454 e. The maximum atomic E-state index is 13.0. The zero-order valence-electron chi connectivity index (χ0n) is 16.0. The first-order valence-electron chi connectivity index (χ1n) is 9.33. The van der Waals surface area contributed by atoms with Crippen LogP contribution in [0.15, 0.2) is 52.7 Å². The second-order valence-electron chi connectivity index (χ2n) is 7.44. The number of rotatable bonds is 5. The van der Waals surface area contributed by atoms with Crippen LogP contribution in [0, 0.1) is 0 Å². The number of carbonyl (C=O) groups is 1. The minimum Gasteiger partial charge on any atom is -0.454 e. The number of fused-ring (bicyclic) bond motifs is 1. The van der Waals surface area contributed by atoms with Crippen molar-refractivity contribution in [1.29, 1.82) is 0 Å². The molecule has 2 aliphatic rings. The molecule has 154 valence electrons. The molecule has 0 unspecified atom stereocenters. The fourth-order valence-electron chi connectivity index (χ4n) is 3.52. The lowest BCUT2D eigenvalue weighted by Crippen LogP contribution is -2.27. The van der Waals surface area contributed by atoms with Crippen LogP contribution < -0.4 is 14.8 Å². The molecular formula is C21H18N2O5S2. The molecule has 2 heterocycles. The van der Waals surface area contributed by atoms with Crippen LogP contribution in [-0.4, -0.2) is 32.4 Å². The third kappa shape index (κ3) is 3.33. The molecule has 9 heteroatoms. The van der Waals surface area contributed by atoms with E-state index in [4.69, 9.17) is 9.47 Å². The summed E-state index contributed by atoms with van der Waals surface area (Å²) in [7, 11) is -3.24. The minimum absolute atomic E-state index is 0.0883. The predicted octanol–water partition coefficient (Wildman–Crippen LogP) is 3.61. The van der Waals surface area contributed by atoms with Crippen LogP contribution in [0.1, 0.15) is 18.4 Å². The Kier molecular flexibility index (Phi) is 4.33. The van der Waals surface area contributed by atoms with Crippen molar-refractivity contribution in [3.05, 3.63) is 53.4 Å². The topological polar surface area (TPSA) is 94.6 Å². The molecule has 1 N–H and O–H groups in total. The van der Waals surface area contributed by atoms with E-state index in [0.717, 1.165) is 24.0 Å². The quantitative estimate of drug-likeness (QED) is 0.649. The SMILES string of the molecule is CS(=O)(=O)c1ccc(-c2csc(NC(=O)C3(c4ccc5c(c4)OCO5)CC3)n2)cc1. The highest BCUT2D eigenvalue weighted by Crippen LogP contribution is 2.51. The van der Waals surface area contributed by atoms with Crippen molar-refractivity contribution >= 4 is 32.2 Å². The van der Waals surface area contributed by atoms with Crippen LogP contribution in [0.5, 0.6) is 11.5 Å². The van der Waals surface area contributed by atoms with E-state index in [2.05, 4.69) is 10.3 Å². The van der Waals surface area contributed by atoms with Gasteiger partial charge in [0.2, 0.25) is 12.7 Å². The second-order valence-corrected chi connectivity index (χ2v) is 10.3. The molecule has 0 radical (unpaired) electrons. The van der Waals surface area contributed by atoms with Crippen LogP contribution in [0.4, 0.5) is 5.13 Å². The highest BCUT2D eigenvalue weighted by atomic mass is 32.2. The van der Waals surface area contributed by atoms with Crippen molar-refractivity contribution < 1.29 is 22.7 Å². The van der Waals surface area contributed by atoms with Crippen LogP contribution >= 0.6 is 11.3 Å². The standard InChI is InChI=1S/C21H18N2O5S2/c1-30(25,26)15-5-2-13(3-6-15)16-11-29-20(22-16)23-19(24)21(8-9-21)14-4-7-17-18(10-14)28-12-27-17/h2-7,10-11H,8-9,12H2,1H3,(H,22,23,24). The molecule has 1 aromatic heterocycles. The first-order valence-corrected chi connectivity index (χ1v) is 12.1. The minimum atomic E-state index is -3.24. The summed E-state index contributed by atoms with van der Waals surface area (Å²) >= 11 is 1.34. The van der Waals surface area contributed by atoms with Gasteiger partial charge in [0, 0.05) is 17.2 Å². The number of carbonyl (C=O) groups excluding carboxylic acids is 1. The summed E-state index contributed by atoms with van der Waals surface area (Å²) in [6.07, 6.45) is 2.71. The van der Waals surface area contributed by atoms with Gasteiger partial charge in [0.15, 0.2) is 26.5 Å². The number of amides is 1. The Morgan fingerprint density at radius 3 is 2.53 bits per heavy atom. The van der Waals surface area contributed by atoms with Crippen molar-refractivity contribution in [2.45, 2.75) is 23.2 Å². The lowest BCUT2D eigenvalue weighted by Gasteiger charge is -2.15. The fraction of sp³-hybridized carbons (Fsp3) is 0.238. The lowest BCUT2D eigenvalue weighted by molar-refractivity contribution is -0.118. The summed E-state index contributed by atoms with van der Waals surface area (Å²) in [6, 6.07) is 12.2. The molecule has 1 saturated carbocycles. The van der Waals surface area contributed by atoms with Gasteiger partial charge in [-0.25, -0.2) is 13.4 Å². The fourth-order valence-corrected chi connectivity index (χ4v) is 4.86. The Bertz CT molecular complexity index is 1240. The maximum absolute atomic E-state index is 13.0. The van der Waals surface area contributed by atoms with Crippen LogP contribution in [0.3, 0.4) is 0 Å². The first-order chi connectivity index (χ1) is 14.3. The number of ether oxygens (including phenoxy) is 2. The number of thiazole rings is 1. The molecular weight excluding hydrogens is 424 g/mol. The Morgan fingerprint density at radius 1 is 1.10 bits per heavy atom. The molecule has 2 aromatic carbocycles. The van der Waals surface area contributed by atoms with Crippen molar-refractivity contribution in [3.8, 4) is 22.8 Å². The zero-order chi connectivity index (χ0) is 20.9. The van der Waals surface area contributed by atoms with Crippen LogP contribution in [0.2, 0.25) is 0 Å². The summed E-state index contributed by atoms with van der Waals surface area (Å²) in [5.41, 5.74) is 1.82. The molecule has 3 aromatic rings. The monoisotopic (exact) mass is 442 g/mol. The van der Waals surface area contributed by atoms with Gasteiger partial charge in [-0.1, -0.05) is 18.2 Å². The second kappa shape index (κ2) is 6.82. The first kappa shape index (κ1) is 19.1. The average molecular weight is 443 g/mol. The number of sulfone groups is 1. The smallest absolute Gasteiger partial charge is 0.236 e. The third-order valence-corrected chi connectivity index (χ3v) is 7.30. The van der Waals surface area contributed by atoms with Gasteiger partial charge in [0.05, 0.1) is 16.0 Å². The molecule has 0 atom stereocenters. The van der Waals surface area contributed by atoms with Gasteiger partial charge in [-0.2, -0.15) is 0 Å². The lowest BCUT2D eigenvalue weighted by atomic mass is 9.94. The molecule has 0 bridgehead atoms. The summed E-state index contributed by atoms with van der Waals surface area (Å²) < 4.78 is 34.0. The maximum Gasteiger partial charge on any atom is 0.236 e. The van der Waals surface area contributed by atoms with Crippen molar-refractivity contribution in [2.75, 3.05) is 18.4 Å².